The van der Waals surface area contributed by atoms with Gasteiger partial charge in [0, 0.05) is 11.5 Å². The van der Waals surface area contributed by atoms with Crippen molar-refractivity contribution in [1.29, 1.82) is 0 Å². The van der Waals surface area contributed by atoms with Gasteiger partial charge >= 0.3 is 0 Å². The Labute approximate surface area is 81.7 Å². The van der Waals surface area contributed by atoms with Gasteiger partial charge in [0.2, 0.25) is 0 Å². The standard InChI is InChI=1S/C12H21N/c1-9(2)11-7-5-6-8-12(11,13)10(3)4/h5-11H,13H2,1-4H3. The molecule has 0 aromatic carbocycles. The van der Waals surface area contributed by atoms with E-state index in [9.17, 15) is 0 Å². The Morgan fingerprint density at radius 1 is 1.15 bits per heavy atom. The van der Waals surface area contributed by atoms with Gasteiger partial charge in [0.05, 0.1) is 0 Å². The molecular formula is C12H21N. The summed E-state index contributed by atoms with van der Waals surface area (Å²) in [5, 5.41) is 0. The van der Waals surface area contributed by atoms with E-state index in [0.29, 0.717) is 17.8 Å². The second-order valence-electron chi connectivity index (χ2n) is 4.67. The summed E-state index contributed by atoms with van der Waals surface area (Å²) in [5.41, 5.74) is 6.26. The van der Waals surface area contributed by atoms with Crippen molar-refractivity contribution in [3.8, 4) is 0 Å². The summed E-state index contributed by atoms with van der Waals surface area (Å²) >= 11 is 0. The maximum atomic E-state index is 6.41. The van der Waals surface area contributed by atoms with E-state index in [1.54, 1.807) is 0 Å². The van der Waals surface area contributed by atoms with Crippen LogP contribution >= 0.6 is 0 Å². The molecule has 74 valence electrons. The zero-order valence-corrected chi connectivity index (χ0v) is 9.12. The first-order chi connectivity index (χ1) is 5.98. The molecule has 0 fully saturated rings. The van der Waals surface area contributed by atoms with E-state index in [4.69, 9.17) is 5.73 Å². The summed E-state index contributed by atoms with van der Waals surface area (Å²) < 4.78 is 0. The van der Waals surface area contributed by atoms with E-state index in [2.05, 4.69) is 52.0 Å². The third kappa shape index (κ3) is 1.86. The summed E-state index contributed by atoms with van der Waals surface area (Å²) in [5.74, 6) is 1.56. The maximum Gasteiger partial charge on any atom is 0.0431 e. The van der Waals surface area contributed by atoms with Gasteiger partial charge in [-0.3, -0.25) is 0 Å². The molecule has 0 heterocycles. The molecule has 1 nitrogen and oxygen atoms in total. The molecular weight excluding hydrogens is 158 g/mol. The number of rotatable bonds is 2. The highest BCUT2D eigenvalue weighted by Gasteiger charge is 2.36. The quantitative estimate of drug-likeness (QED) is 0.693. The van der Waals surface area contributed by atoms with Gasteiger partial charge in [0.25, 0.3) is 0 Å². The minimum atomic E-state index is -0.150. The molecule has 1 heteroatoms. The van der Waals surface area contributed by atoms with Gasteiger partial charge < -0.3 is 5.73 Å². The Morgan fingerprint density at radius 2 is 1.77 bits per heavy atom. The number of hydrogen-bond acceptors (Lipinski definition) is 1. The van der Waals surface area contributed by atoms with Gasteiger partial charge in [-0.1, -0.05) is 52.0 Å². The summed E-state index contributed by atoms with van der Waals surface area (Å²) in [6.07, 6.45) is 8.57. The molecule has 13 heavy (non-hydrogen) atoms. The number of allylic oxidation sites excluding steroid dienone is 2. The van der Waals surface area contributed by atoms with Crippen molar-refractivity contribution in [3.05, 3.63) is 24.3 Å². The second kappa shape index (κ2) is 3.67. The van der Waals surface area contributed by atoms with E-state index >= 15 is 0 Å². The molecule has 0 saturated heterocycles. The van der Waals surface area contributed by atoms with Crippen molar-refractivity contribution in [2.45, 2.75) is 33.2 Å². The molecule has 0 saturated carbocycles. The van der Waals surface area contributed by atoms with E-state index in [-0.39, 0.29) is 5.54 Å². The summed E-state index contributed by atoms with van der Waals surface area (Å²) in [4.78, 5) is 0. The lowest BCUT2D eigenvalue weighted by molar-refractivity contribution is 0.241. The second-order valence-corrected chi connectivity index (χ2v) is 4.67. The molecule has 0 aliphatic heterocycles. The maximum absolute atomic E-state index is 6.41. The molecule has 1 rings (SSSR count). The SMILES string of the molecule is CC(C)C1C=CC=CC1(N)C(C)C. The third-order valence-electron chi connectivity index (χ3n) is 3.11. The topological polar surface area (TPSA) is 26.0 Å². The predicted molar refractivity (Wildman–Crippen MR) is 58.4 cm³/mol. The molecule has 0 aromatic rings. The van der Waals surface area contributed by atoms with E-state index in [1.165, 1.54) is 0 Å². The Balaban J connectivity index is 2.93. The van der Waals surface area contributed by atoms with E-state index < -0.39 is 0 Å². The minimum absolute atomic E-state index is 0.150. The Bertz CT molecular complexity index is 225. The van der Waals surface area contributed by atoms with Crippen LogP contribution in [0.4, 0.5) is 0 Å². The fourth-order valence-electron chi connectivity index (χ4n) is 2.06. The zero-order chi connectivity index (χ0) is 10.1. The lowest BCUT2D eigenvalue weighted by atomic mass is 9.69. The fraction of sp³-hybridized carbons (Fsp3) is 0.667. The number of hydrogen-bond donors (Lipinski definition) is 1. The average Bonchev–Trinajstić information content (AvgIpc) is 2.04. The van der Waals surface area contributed by atoms with Crippen molar-refractivity contribution in [2.24, 2.45) is 23.5 Å². The normalized spacial score (nSPS) is 33.3. The average molecular weight is 179 g/mol. The van der Waals surface area contributed by atoms with Crippen molar-refractivity contribution in [2.75, 3.05) is 0 Å². The fourth-order valence-corrected chi connectivity index (χ4v) is 2.06. The Morgan fingerprint density at radius 3 is 2.15 bits per heavy atom. The molecule has 0 radical (unpaired) electrons. The first-order valence-corrected chi connectivity index (χ1v) is 5.13. The van der Waals surface area contributed by atoms with Crippen molar-refractivity contribution < 1.29 is 0 Å². The monoisotopic (exact) mass is 179 g/mol. The van der Waals surface area contributed by atoms with Gasteiger partial charge in [0.15, 0.2) is 0 Å². The van der Waals surface area contributed by atoms with Gasteiger partial charge in [0.1, 0.15) is 0 Å². The lowest BCUT2D eigenvalue weighted by Gasteiger charge is -2.40. The summed E-state index contributed by atoms with van der Waals surface area (Å²) in [6, 6.07) is 0. The van der Waals surface area contributed by atoms with Crippen molar-refractivity contribution in [3.63, 3.8) is 0 Å². The highest BCUT2D eigenvalue weighted by atomic mass is 14.8. The molecule has 1 aliphatic rings. The molecule has 1 aliphatic carbocycles. The van der Waals surface area contributed by atoms with Gasteiger partial charge in [-0.2, -0.15) is 0 Å². The minimum Gasteiger partial charge on any atom is -0.321 e. The molecule has 0 spiro atoms. The van der Waals surface area contributed by atoms with Crippen LogP contribution in [0.2, 0.25) is 0 Å². The van der Waals surface area contributed by atoms with Crippen LogP contribution in [0.15, 0.2) is 24.3 Å². The molecule has 0 bridgehead atoms. The Hall–Kier alpha value is -0.560. The van der Waals surface area contributed by atoms with Crippen LogP contribution in [-0.4, -0.2) is 5.54 Å². The lowest BCUT2D eigenvalue weighted by Crippen LogP contribution is -2.51. The molecule has 2 unspecified atom stereocenters. The van der Waals surface area contributed by atoms with Crippen LogP contribution in [0, 0.1) is 17.8 Å². The van der Waals surface area contributed by atoms with Crippen LogP contribution in [0.3, 0.4) is 0 Å². The molecule has 0 aromatic heterocycles. The Kier molecular flexibility index (Phi) is 2.97. The number of nitrogens with two attached hydrogens (primary N) is 1. The molecule has 2 N–H and O–H groups in total. The predicted octanol–water partition coefficient (Wildman–Crippen LogP) is 2.74. The van der Waals surface area contributed by atoms with Crippen LogP contribution in [0.25, 0.3) is 0 Å². The highest BCUT2D eigenvalue weighted by molar-refractivity contribution is 5.25. The van der Waals surface area contributed by atoms with Gasteiger partial charge in [-0.05, 0) is 11.8 Å². The first kappa shape index (κ1) is 10.5. The first-order valence-electron chi connectivity index (χ1n) is 5.13. The smallest absolute Gasteiger partial charge is 0.0431 e. The van der Waals surface area contributed by atoms with Crippen LogP contribution in [-0.2, 0) is 0 Å². The summed E-state index contributed by atoms with van der Waals surface area (Å²) in [7, 11) is 0. The van der Waals surface area contributed by atoms with Gasteiger partial charge in [-0.25, -0.2) is 0 Å². The van der Waals surface area contributed by atoms with Crippen molar-refractivity contribution in [1.82, 2.24) is 0 Å². The van der Waals surface area contributed by atoms with Crippen LogP contribution < -0.4 is 5.73 Å². The van der Waals surface area contributed by atoms with E-state index in [0.717, 1.165) is 0 Å². The molecule has 2 atom stereocenters. The largest absolute Gasteiger partial charge is 0.321 e. The van der Waals surface area contributed by atoms with Crippen LogP contribution in [0.5, 0.6) is 0 Å². The summed E-state index contributed by atoms with van der Waals surface area (Å²) in [6.45, 7) is 8.86. The zero-order valence-electron chi connectivity index (χ0n) is 9.12. The van der Waals surface area contributed by atoms with Crippen LogP contribution in [0.1, 0.15) is 27.7 Å². The van der Waals surface area contributed by atoms with E-state index in [1.807, 2.05) is 0 Å². The highest BCUT2D eigenvalue weighted by Crippen LogP contribution is 2.34. The van der Waals surface area contributed by atoms with Crippen molar-refractivity contribution >= 4 is 0 Å². The third-order valence-corrected chi connectivity index (χ3v) is 3.11. The molecule has 0 amide bonds. The van der Waals surface area contributed by atoms with Gasteiger partial charge in [-0.15, -0.1) is 0 Å².